The number of carbonyl (C=O) groups is 2. The zero-order valence-electron chi connectivity index (χ0n) is 17.4. The highest BCUT2D eigenvalue weighted by molar-refractivity contribution is 7.89. The van der Waals surface area contributed by atoms with Gasteiger partial charge < -0.3 is 16.0 Å². The van der Waals surface area contributed by atoms with Gasteiger partial charge in [0, 0.05) is 26.2 Å². The third-order valence-electron chi connectivity index (χ3n) is 5.20. The molecule has 29 heavy (non-hydrogen) atoms. The molecule has 1 aromatic carbocycles. The maximum atomic E-state index is 12.9. The maximum Gasteiger partial charge on any atom is 0.312 e. The van der Waals surface area contributed by atoms with Crippen molar-refractivity contribution in [2.45, 2.75) is 56.9 Å². The minimum Gasteiger partial charge on any atom is -0.352 e. The molecule has 3 amide bonds. The molecule has 0 spiro atoms. The van der Waals surface area contributed by atoms with E-state index in [1.165, 1.54) is 4.31 Å². The molecule has 0 aromatic heterocycles. The van der Waals surface area contributed by atoms with Crippen molar-refractivity contribution in [3.8, 4) is 0 Å². The lowest BCUT2D eigenvalue weighted by Crippen LogP contribution is -2.56. The van der Waals surface area contributed by atoms with Crippen molar-refractivity contribution in [2.75, 3.05) is 26.2 Å². The number of sulfonamides is 1. The van der Waals surface area contributed by atoms with Gasteiger partial charge in [-0.25, -0.2) is 13.2 Å². The Kier molecular flexibility index (Phi) is 8.04. The molecule has 0 bridgehead atoms. The second kappa shape index (κ2) is 10.1. The van der Waals surface area contributed by atoms with Crippen LogP contribution in [0.4, 0.5) is 4.79 Å². The van der Waals surface area contributed by atoms with Gasteiger partial charge in [-0.05, 0) is 30.0 Å². The molecular weight excluding hydrogens is 392 g/mol. The van der Waals surface area contributed by atoms with Crippen molar-refractivity contribution in [2.24, 2.45) is 5.73 Å². The summed E-state index contributed by atoms with van der Waals surface area (Å²) in [5.41, 5.74) is 6.28. The molecule has 1 saturated heterocycles. The van der Waals surface area contributed by atoms with Gasteiger partial charge in [-0.1, -0.05) is 45.7 Å². The van der Waals surface area contributed by atoms with Crippen LogP contribution >= 0.6 is 0 Å². The van der Waals surface area contributed by atoms with E-state index in [1.54, 1.807) is 17.0 Å². The van der Waals surface area contributed by atoms with E-state index in [-0.39, 0.29) is 37.0 Å². The lowest BCUT2D eigenvalue weighted by atomic mass is 10.0. The summed E-state index contributed by atoms with van der Waals surface area (Å²) >= 11 is 0. The molecule has 8 nitrogen and oxygen atoms in total. The zero-order valence-corrected chi connectivity index (χ0v) is 18.2. The molecule has 0 saturated carbocycles. The van der Waals surface area contributed by atoms with Gasteiger partial charge >= 0.3 is 6.03 Å². The summed E-state index contributed by atoms with van der Waals surface area (Å²) in [6.07, 6.45) is 2.20. The first-order valence-corrected chi connectivity index (χ1v) is 11.6. The molecule has 1 fully saturated rings. The van der Waals surface area contributed by atoms with Gasteiger partial charge in [0.1, 0.15) is 6.04 Å². The van der Waals surface area contributed by atoms with Crippen molar-refractivity contribution in [1.82, 2.24) is 14.5 Å². The number of carbonyl (C=O) groups excluding carboxylic acids is 2. The van der Waals surface area contributed by atoms with E-state index in [0.717, 1.165) is 18.4 Å². The van der Waals surface area contributed by atoms with Crippen LogP contribution in [0.5, 0.6) is 0 Å². The molecule has 1 aliphatic heterocycles. The lowest BCUT2D eigenvalue weighted by molar-refractivity contribution is -0.134. The molecule has 1 atom stereocenters. The third kappa shape index (κ3) is 5.93. The summed E-state index contributed by atoms with van der Waals surface area (Å²) in [4.78, 5) is 25.8. The van der Waals surface area contributed by atoms with E-state index in [9.17, 15) is 18.0 Å². The fraction of sp³-hybridized carbons (Fsp3) is 0.600. The van der Waals surface area contributed by atoms with Gasteiger partial charge in [0.25, 0.3) is 0 Å². The van der Waals surface area contributed by atoms with Crippen LogP contribution < -0.4 is 11.1 Å². The highest BCUT2D eigenvalue weighted by Crippen LogP contribution is 2.21. The van der Waals surface area contributed by atoms with Crippen molar-refractivity contribution in [3.63, 3.8) is 0 Å². The standard InChI is InChI=1S/C20H32N4O4S/c1-4-5-6-18(22-20(21)26)19(25)23-11-13-24(14-12-23)29(27,28)17-9-7-16(8-10-17)15(2)3/h7-10,15,18H,4-6,11-14H2,1-3H3,(H3,21,22,26). The van der Waals surface area contributed by atoms with Gasteiger partial charge in [0.15, 0.2) is 0 Å². The first-order chi connectivity index (χ1) is 13.7. The van der Waals surface area contributed by atoms with Crippen LogP contribution in [0.15, 0.2) is 29.2 Å². The number of hydrogen-bond donors (Lipinski definition) is 2. The molecule has 3 N–H and O–H groups in total. The Labute approximate surface area is 173 Å². The highest BCUT2D eigenvalue weighted by Gasteiger charge is 2.32. The van der Waals surface area contributed by atoms with Crippen molar-refractivity contribution in [3.05, 3.63) is 29.8 Å². The van der Waals surface area contributed by atoms with Gasteiger partial charge in [0.05, 0.1) is 4.90 Å². The normalized spacial score (nSPS) is 16.6. The molecule has 0 radical (unpaired) electrons. The van der Waals surface area contributed by atoms with E-state index >= 15 is 0 Å². The predicted molar refractivity (Wildman–Crippen MR) is 112 cm³/mol. The largest absolute Gasteiger partial charge is 0.352 e. The van der Waals surface area contributed by atoms with E-state index in [0.29, 0.717) is 12.3 Å². The van der Waals surface area contributed by atoms with Crippen LogP contribution in [0.2, 0.25) is 0 Å². The average molecular weight is 425 g/mol. The predicted octanol–water partition coefficient (Wildman–Crippen LogP) is 1.87. The van der Waals surface area contributed by atoms with Crippen molar-refractivity contribution in [1.29, 1.82) is 0 Å². The fourth-order valence-corrected chi connectivity index (χ4v) is 4.80. The average Bonchev–Trinajstić information content (AvgIpc) is 2.70. The van der Waals surface area contributed by atoms with Crippen LogP contribution in [-0.2, 0) is 14.8 Å². The summed E-state index contributed by atoms with van der Waals surface area (Å²) in [5.74, 6) is 0.117. The molecule has 2 rings (SSSR count). The summed E-state index contributed by atoms with van der Waals surface area (Å²) in [6, 6.07) is 5.56. The minimum absolute atomic E-state index is 0.212. The second-order valence-corrected chi connectivity index (χ2v) is 9.59. The SMILES string of the molecule is CCCCC(NC(N)=O)C(=O)N1CCN(S(=O)(=O)c2ccc(C(C)C)cc2)CC1. The molecule has 0 aliphatic carbocycles. The van der Waals surface area contributed by atoms with Crippen molar-refractivity contribution < 1.29 is 18.0 Å². The van der Waals surface area contributed by atoms with E-state index < -0.39 is 22.1 Å². The molecular formula is C20H32N4O4S. The number of urea groups is 1. The first-order valence-electron chi connectivity index (χ1n) is 10.1. The number of amides is 3. The number of rotatable bonds is 8. The number of unbranched alkanes of at least 4 members (excludes halogenated alkanes) is 1. The number of nitrogens with two attached hydrogens (primary N) is 1. The topological polar surface area (TPSA) is 113 Å². The number of benzene rings is 1. The summed E-state index contributed by atoms with van der Waals surface area (Å²) in [5, 5.41) is 2.51. The molecule has 1 unspecified atom stereocenters. The number of piperazine rings is 1. The Morgan fingerprint density at radius 3 is 2.17 bits per heavy atom. The molecule has 1 heterocycles. The second-order valence-electron chi connectivity index (χ2n) is 7.66. The lowest BCUT2D eigenvalue weighted by Gasteiger charge is -2.35. The van der Waals surface area contributed by atoms with Crippen molar-refractivity contribution >= 4 is 22.0 Å². The van der Waals surface area contributed by atoms with Gasteiger partial charge in [-0.3, -0.25) is 4.79 Å². The van der Waals surface area contributed by atoms with Crippen LogP contribution in [0.1, 0.15) is 51.5 Å². The Morgan fingerprint density at radius 1 is 1.10 bits per heavy atom. The molecule has 1 aromatic rings. The first kappa shape index (κ1) is 23.2. The Morgan fingerprint density at radius 2 is 1.69 bits per heavy atom. The van der Waals surface area contributed by atoms with E-state index in [4.69, 9.17) is 5.73 Å². The number of primary amides is 1. The zero-order chi connectivity index (χ0) is 21.6. The van der Waals surface area contributed by atoms with Crippen LogP contribution in [0, 0.1) is 0 Å². The van der Waals surface area contributed by atoms with Crippen LogP contribution in [0.3, 0.4) is 0 Å². The molecule has 9 heteroatoms. The summed E-state index contributed by atoms with van der Waals surface area (Å²) in [6.45, 7) is 7.12. The quantitative estimate of drug-likeness (QED) is 0.663. The van der Waals surface area contributed by atoms with E-state index in [2.05, 4.69) is 19.2 Å². The van der Waals surface area contributed by atoms with Crippen LogP contribution in [-0.4, -0.2) is 61.8 Å². The number of nitrogens with zero attached hydrogens (tertiary/aromatic N) is 2. The number of nitrogens with one attached hydrogen (secondary N) is 1. The third-order valence-corrected chi connectivity index (χ3v) is 7.11. The van der Waals surface area contributed by atoms with Gasteiger partial charge in [-0.15, -0.1) is 0 Å². The molecule has 162 valence electrons. The molecule has 1 aliphatic rings. The number of hydrogen-bond acceptors (Lipinski definition) is 4. The van der Waals surface area contributed by atoms with Gasteiger partial charge in [0.2, 0.25) is 15.9 Å². The van der Waals surface area contributed by atoms with Gasteiger partial charge in [-0.2, -0.15) is 4.31 Å². The highest BCUT2D eigenvalue weighted by atomic mass is 32.2. The Balaban J connectivity index is 2.02. The Hall–Kier alpha value is -2.13. The monoisotopic (exact) mass is 424 g/mol. The summed E-state index contributed by atoms with van der Waals surface area (Å²) in [7, 11) is -3.60. The summed E-state index contributed by atoms with van der Waals surface area (Å²) < 4.78 is 27.2. The Bertz CT molecular complexity index is 800. The minimum atomic E-state index is -3.60. The maximum absolute atomic E-state index is 12.9. The smallest absolute Gasteiger partial charge is 0.312 e. The van der Waals surface area contributed by atoms with Crippen LogP contribution in [0.25, 0.3) is 0 Å². The fourth-order valence-electron chi connectivity index (χ4n) is 3.38. The van der Waals surface area contributed by atoms with E-state index in [1.807, 2.05) is 19.1 Å².